The molecule has 148 valence electrons. The highest BCUT2D eigenvalue weighted by atomic mass is 16.2. The molecule has 1 atom stereocenters. The zero-order chi connectivity index (χ0) is 20.2. The average molecular weight is 386 g/mol. The second kappa shape index (κ2) is 8.43. The van der Waals surface area contributed by atoms with Gasteiger partial charge in [0.05, 0.1) is 5.69 Å². The van der Waals surface area contributed by atoms with Crippen molar-refractivity contribution < 1.29 is 4.79 Å². The average Bonchev–Trinajstić information content (AvgIpc) is 2.76. The van der Waals surface area contributed by atoms with Gasteiger partial charge in [-0.2, -0.15) is 0 Å². The molecule has 0 spiro atoms. The molecule has 1 amide bonds. The Kier molecular flexibility index (Phi) is 5.56. The summed E-state index contributed by atoms with van der Waals surface area (Å²) >= 11 is 0. The molecule has 0 saturated carbocycles. The van der Waals surface area contributed by atoms with Crippen LogP contribution in [0.3, 0.4) is 0 Å². The molecule has 0 radical (unpaired) electrons. The van der Waals surface area contributed by atoms with Gasteiger partial charge in [-0.15, -0.1) is 0 Å². The molecule has 1 aliphatic heterocycles. The maximum atomic E-state index is 13.0. The van der Waals surface area contributed by atoms with Gasteiger partial charge in [0.25, 0.3) is 5.91 Å². The topological polar surface area (TPSA) is 58.1 Å². The van der Waals surface area contributed by atoms with Gasteiger partial charge in [0.2, 0.25) is 5.95 Å². The number of rotatable bonds is 4. The van der Waals surface area contributed by atoms with Crippen molar-refractivity contribution in [3.8, 4) is 0 Å². The van der Waals surface area contributed by atoms with Crippen LogP contribution in [0.15, 0.2) is 60.8 Å². The Labute approximate surface area is 171 Å². The Bertz CT molecular complexity index is 1020. The molecule has 1 aliphatic rings. The minimum absolute atomic E-state index is 0.111. The molecule has 1 fully saturated rings. The number of amides is 1. The largest absolute Gasteiger partial charge is 0.338 e. The lowest BCUT2D eigenvalue weighted by Crippen LogP contribution is -2.39. The third-order valence-electron chi connectivity index (χ3n) is 5.57. The maximum absolute atomic E-state index is 13.0. The number of nitrogens with zero attached hydrogens (tertiary/aromatic N) is 3. The van der Waals surface area contributed by atoms with Crippen molar-refractivity contribution in [3.63, 3.8) is 0 Å². The van der Waals surface area contributed by atoms with Crippen molar-refractivity contribution in [2.75, 3.05) is 18.4 Å². The van der Waals surface area contributed by atoms with Gasteiger partial charge in [-0.3, -0.25) is 4.79 Å². The summed E-state index contributed by atoms with van der Waals surface area (Å²) in [7, 11) is 0. The van der Waals surface area contributed by atoms with E-state index in [0.29, 0.717) is 12.5 Å². The lowest BCUT2D eigenvalue weighted by molar-refractivity contribution is 0.0705. The van der Waals surface area contributed by atoms with Crippen molar-refractivity contribution in [2.24, 2.45) is 0 Å². The zero-order valence-corrected chi connectivity index (χ0v) is 16.9. The van der Waals surface area contributed by atoms with E-state index in [1.54, 1.807) is 6.20 Å². The van der Waals surface area contributed by atoms with Crippen LogP contribution in [0.25, 0.3) is 0 Å². The Morgan fingerprint density at radius 3 is 2.59 bits per heavy atom. The van der Waals surface area contributed by atoms with Crippen molar-refractivity contribution >= 4 is 17.5 Å². The van der Waals surface area contributed by atoms with Crippen molar-refractivity contribution in [1.82, 2.24) is 14.9 Å². The van der Waals surface area contributed by atoms with E-state index in [9.17, 15) is 4.79 Å². The summed E-state index contributed by atoms with van der Waals surface area (Å²) in [4.78, 5) is 24.1. The highest BCUT2D eigenvalue weighted by Crippen LogP contribution is 2.28. The number of likely N-dealkylation sites (tertiary alicyclic amines) is 1. The van der Waals surface area contributed by atoms with E-state index >= 15 is 0 Å². The number of aromatic nitrogens is 2. The minimum atomic E-state index is 0.111. The summed E-state index contributed by atoms with van der Waals surface area (Å²) in [6, 6.07) is 17.9. The molecule has 2 aromatic carbocycles. The molecule has 1 saturated heterocycles. The molecule has 1 aromatic heterocycles. The molecule has 1 N–H and O–H groups in total. The van der Waals surface area contributed by atoms with Gasteiger partial charge in [-0.25, -0.2) is 9.97 Å². The predicted molar refractivity (Wildman–Crippen MR) is 116 cm³/mol. The zero-order valence-electron chi connectivity index (χ0n) is 16.9. The summed E-state index contributed by atoms with van der Waals surface area (Å²) in [5, 5.41) is 3.32. The van der Waals surface area contributed by atoms with Gasteiger partial charge in [-0.05, 0) is 56.0 Å². The summed E-state index contributed by atoms with van der Waals surface area (Å²) in [5.41, 5.74) is 4.95. The van der Waals surface area contributed by atoms with Gasteiger partial charge >= 0.3 is 0 Å². The number of carbonyl (C=O) groups is 1. The molecule has 29 heavy (non-hydrogen) atoms. The minimum Gasteiger partial charge on any atom is -0.338 e. The van der Waals surface area contributed by atoms with Crippen LogP contribution in [0.4, 0.5) is 11.6 Å². The van der Waals surface area contributed by atoms with E-state index in [4.69, 9.17) is 4.98 Å². The Morgan fingerprint density at radius 2 is 1.79 bits per heavy atom. The predicted octanol–water partition coefficient (Wildman–Crippen LogP) is 4.86. The van der Waals surface area contributed by atoms with Gasteiger partial charge < -0.3 is 10.2 Å². The van der Waals surface area contributed by atoms with E-state index in [1.165, 1.54) is 0 Å². The number of para-hydroxylation sites is 1. The Morgan fingerprint density at radius 1 is 1.03 bits per heavy atom. The number of carbonyl (C=O) groups excluding carboxylic acids is 1. The second-order valence-corrected chi connectivity index (χ2v) is 7.65. The summed E-state index contributed by atoms with van der Waals surface area (Å²) in [6.07, 6.45) is 3.80. The van der Waals surface area contributed by atoms with Crippen LogP contribution in [0.1, 0.15) is 45.9 Å². The first kappa shape index (κ1) is 19.1. The molecular formula is C24H26N4O. The highest BCUT2D eigenvalue weighted by molar-refractivity contribution is 5.95. The van der Waals surface area contributed by atoms with Crippen LogP contribution in [0.5, 0.6) is 0 Å². The van der Waals surface area contributed by atoms with Crippen molar-refractivity contribution in [2.45, 2.75) is 32.6 Å². The fraction of sp³-hybridized carbons (Fsp3) is 0.292. The van der Waals surface area contributed by atoms with Gasteiger partial charge in [-0.1, -0.05) is 36.4 Å². The van der Waals surface area contributed by atoms with Crippen LogP contribution in [0.2, 0.25) is 0 Å². The Hall–Kier alpha value is -3.21. The first-order chi connectivity index (χ1) is 14.1. The summed E-state index contributed by atoms with van der Waals surface area (Å²) < 4.78 is 0. The van der Waals surface area contributed by atoms with E-state index in [0.717, 1.165) is 47.5 Å². The number of piperidine rings is 1. The van der Waals surface area contributed by atoms with E-state index in [1.807, 2.05) is 60.4 Å². The molecular weight excluding hydrogens is 360 g/mol. The van der Waals surface area contributed by atoms with Crippen molar-refractivity contribution in [1.29, 1.82) is 0 Å². The smallest absolute Gasteiger partial charge is 0.254 e. The number of aryl methyl sites for hydroxylation is 2. The second-order valence-electron chi connectivity index (χ2n) is 7.65. The molecule has 5 heteroatoms. The number of benzene rings is 2. The third kappa shape index (κ3) is 4.29. The maximum Gasteiger partial charge on any atom is 0.254 e. The van der Waals surface area contributed by atoms with Crippen molar-refractivity contribution in [3.05, 3.63) is 83.2 Å². The summed E-state index contributed by atoms with van der Waals surface area (Å²) in [5.74, 6) is 0.927. The molecule has 0 unspecified atom stereocenters. The Balaban J connectivity index is 1.51. The number of hydrogen-bond acceptors (Lipinski definition) is 4. The van der Waals surface area contributed by atoms with Gasteiger partial charge in [0.15, 0.2) is 0 Å². The van der Waals surface area contributed by atoms with E-state index < -0.39 is 0 Å². The van der Waals surface area contributed by atoms with Gasteiger partial charge in [0.1, 0.15) is 0 Å². The SMILES string of the molecule is Cc1ccccc1Nc1nccc([C@H]2CCCN(C(=O)c3ccccc3C)C2)n1. The van der Waals surface area contributed by atoms with Crippen LogP contribution in [-0.2, 0) is 0 Å². The van der Waals surface area contributed by atoms with Crippen LogP contribution in [-0.4, -0.2) is 33.9 Å². The fourth-order valence-electron chi connectivity index (χ4n) is 3.88. The normalized spacial score (nSPS) is 16.5. The quantitative estimate of drug-likeness (QED) is 0.696. The van der Waals surface area contributed by atoms with Crippen LogP contribution >= 0.6 is 0 Å². The standard InChI is InChI=1S/C24H26N4O/c1-17-8-3-5-11-20(17)23(29)28-15-7-10-19(16-28)22-13-14-25-24(27-22)26-21-12-6-4-9-18(21)2/h3-6,8-9,11-14,19H,7,10,15-16H2,1-2H3,(H,25,26,27)/t19-/m0/s1. The molecule has 3 aromatic rings. The first-order valence-corrected chi connectivity index (χ1v) is 10.1. The monoisotopic (exact) mass is 386 g/mol. The number of anilines is 2. The highest BCUT2D eigenvalue weighted by Gasteiger charge is 2.27. The first-order valence-electron chi connectivity index (χ1n) is 10.1. The number of nitrogens with one attached hydrogen (secondary N) is 1. The van der Waals surface area contributed by atoms with Gasteiger partial charge in [0, 0.05) is 36.5 Å². The fourth-order valence-corrected chi connectivity index (χ4v) is 3.88. The lowest BCUT2D eigenvalue weighted by atomic mass is 9.93. The van der Waals surface area contributed by atoms with E-state index in [2.05, 4.69) is 23.3 Å². The molecule has 0 bridgehead atoms. The van der Waals surface area contributed by atoms with Crippen LogP contribution in [0, 0.1) is 13.8 Å². The molecule has 4 rings (SSSR count). The summed E-state index contributed by atoms with van der Waals surface area (Å²) in [6.45, 7) is 5.53. The van der Waals surface area contributed by atoms with Crippen LogP contribution < -0.4 is 5.32 Å². The lowest BCUT2D eigenvalue weighted by Gasteiger charge is -2.33. The number of hydrogen-bond donors (Lipinski definition) is 1. The third-order valence-corrected chi connectivity index (χ3v) is 5.57. The van der Waals surface area contributed by atoms with E-state index in [-0.39, 0.29) is 11.8 Å². The molecule has 2 heterocycles. The molecule has 0 aliphatic carbocycles. The molecule has 5 nitrogen and oxygen atoms in total.